The van der Waals surface area contributed by atoms with Gasteiger partial charge in [-0.2, -0.15) is 13.2 Å². The molecule has 0 aliphatic carbocycles. The van der Waals surface area contributed by atoms with Crippen LogP contribution in [0.3, 0.4) is 0 Å². The van der Waals surface area contributed by atoms with Gasteiger partial charge in [0.25, 0.3) is 0 Å². The van der Waals surface area contributed by atoms with Gasteiger partial charge in [0.15, 0.2) is 0 Å². The zero-order chi connectivity index (χ0) is 22.9. The maximum Gasteiger partial charge on any atom is 0.401 e. The van der Waals surface area contributed by atoms with E-state index in [4.69, 9.17) is 0 Å². The van der Waals surface area contributed by atoms with E-state index in [0.717, 1.165) is 36.4 Å². The average Bonchev–Trinajstić information content (AvgIpc) is 2.72. The Hall–Kier alpha value is -2.39. The van der Waals surface area contributed by atoms with E-state index >= 15 is 0 Å². The zero-order valence-corrected chi connectivity index (χ0v) is 18.0. The number of hydrogen-bond acceptors (Lipinski definition) is 5. The molecule has 2 aliphatic rings. The van der Waals surface area contributed by atoms with E-state index in [1.807, 2.05) is 6.07 Å². The van der Waals surface area contributed by atoms with Gasteiger partial charge in [-0.15, -0.1) is 0 Å². The number of halogens is 4. The average molecular weight is 452 g/mol. The normalized spacial score (nSPS) is 20.1. The Morgan fingerprint density at radius 3 is 2.62 bits per heavy atom. The van der Waals surface area contributed by atoms with E-state index in [1.54, 1.807) is 31.3 Å². The highest BCUT2D eigenvalue weighted by Crippen LogP contribution is 2.39. The van der Waals surface area contributed by atoms with Crippen molar-refractivity contribution in [3.63, 3.8) is 0 Å². The summed E-state index contributed by atoms with van der Waals surface area (Å²) in [5.74, 6) is 0.153. The molecule has 1 aromatic carbocycles. The summed E-state index contributed by atoms with van der Waals surface area (Å²) in [4.78, 5) is 8.09. The minimum atomic E-state index is -4.32. The largest absolute Gasteiger partial charge is 0.508 e. The van der Waals surface area contributed by atoms with Gasteiger partial charge in [-0.25, -0.2) is 0 Å². The third-order valence-electron chi connectivity index (χ3n) is 6.30. The summed E-state index contributed by atoms with van der Waals surface area (Å²) in [7, 11) is 0. The second-order valence-electron chi connectivity index (χ2n) is 8.63. The number of hydrogen-bond donors (Lipinski definition) is 2. The van der Waals surface area contributed by atoms with E-state index in [9.17, 15) is 22.7 Å². The highest BCUT2D eigenvalue weighted by molar-refractivity contribution is 5.49. The lowest BCUT2D eigenvalue weighted by atomic mass is 9.87. The van der Waals surface area contributed by atoms with Crippen LogP contribution in [0.1, 0.15) is 34.8 Å². The van der Waals surface area contributed by atoms with Crippen molar-refractivity contribution in [3.8, 4) is 5.75 Å². The van der Waals surface area contributed by atoms with E-state index in [2.05, 4.69) is 15.2 Å². The zero-order valence-electron chi connectivity index (χ0n) is 18.0. The number of phenolic OH excluding ortho intramolecular Hbond substituents is 1. The minimum Gasteiger partial charge on any atom is -0.508 e. The van der Waals surface area contributed by atoms with E-state index < -0.39 is 18.8 Å². The molecule has 9 heteroatoms. The Kier molecular flexibility index (Phi) is 6.57. The molecule has 0 bridgehead atoms. The summed E-state index contributed by atoms with van der Waals surface area (Å²) in [5, 5.41) is 13.4. The standard InChI is InChI=1S/C23H28F4N4O/c1-15-18-7-10-31(14-23(25,26)27)22(19(18)4-6-21(15)32)20-5-3-16(11-28-20)29-17-12-30(13-17)9-2-8-24/h3-6,11,17,22,29,32H,2,7-10,12-14H2,1H3. The van der Waals surface area contributed by atoms with Crippen molar-refractivity contribution >= 4 is 5.69 Å². The van der Waals surface area contributed by atoms with Crippen LogP contribution < -0.4 is 5.32 Å². The molecule has 1 unspecified atom stereocenters. The van der Waals surface area contributed by atoms with Gasteiger partial charge in [-0.05, 0) is 54.7 Å². The Bertz CT molecular complexity index is 929. The predicted molar refractivity (Wildman–Crippen MR) is 115 cm³/mol. The number of anilines is 1. The number of likely N-dealkylation sites (tertiary alicyclic amines) is 1. The molecule has 3 heterocycles. The van der Waals surface area contributed by atoms with E-state index in [-0.39, 0.29) is 25.0 Å². The van der Waals surface area contributed by atoms with Crippen molar-refractivity contribution in [2.45, 2.75) is 38.0 Å². The molecule has 0 saturated carbocycles. The quantitative estimate of drug-likeness (QED) is 0.621. The number of fused-ring (bicyclic) bond motifs is 1. The van der Waals surface area contributed by atoms with Gasteiger partial charge in [0.05, 0.1) is 42.9 Å². The van der Waals surface area contributed by atoms with Crippen molar-refractivity contribution in [3.05, 3.63) is 52.8 Å². The molecule has 4 rings (SSSR count). The number of aromatic hydroxyl groups is 1. The number of alkyl halides is 4. The van der Waals surface area contributed by atoms with Gasteiger partial charge in [0.1, 0.15) is 5.75 Å². The molecule has 2 aliphatic heterocycles. The monoisotopic (exact) mass is 452 g/mol. The Morgan fingerprint density at radius 2 is 1.97 bits per heavy atom. The molecule has 0 radical (unpaired) electrons. The second kappa shape index (κ2) is 9.23. The Morgan fingerprint density at radius 1 is 1.19 bits per heavy atom. The third kappa shape index (κ3) is 4.99. The molecule has 1 saturated heterocycles. The van der Waals surface area contributed by atoms with Gasteiger partial charge in [0.2, 0.25) is 0 Å². The number of pyridine rings is 1. The highest BCUT2D eigenvalue weighted by Gasteiger charge is 2.38. The highest BCUT2D eigenvalue weighted by atomic mass is 19.4. The van der Waals surface area contributed by atoms with Gasteiger partial charge in [-0.1, -0.05) is 6.07 Å². The molecule has 5 nitrogen and oxygen atoms in total. The summed E-state index contributed by atoms with van der Waals surface area (Å²) in [6.45, 7) is 3.11. The summed E-state index contributed by atoms with van der Waals surface area (Å²) in [5.41, 5.74) is 3.71. The maximum absolute atomic E-state index is 13.3. The fourth-order valence-corrected chi connectivity index (χ4v) is 4.70. The molecular formula is C23H28F4N4O. The van der Waals surface area contributed by atoms with Crippen LogP contribution >= 0.6 is 0 Å². The van der Waals surface area contributed by atoms with Gasteiger partial charge >= 0.3 is 6.18 Å². The van der Waals surface area contributed by atoms with Gasteiger partial charge in [0, 0.05) is 26.2 Å². The number of nitrogens with zero attached hydrogens (tertiary/aromatic N) is 3. The third-order valence-corrected chi connectivity index (χ3v) is 6.30. The lowest BCUT2D eigenvalue weighted by molar-refractivity contribution is -0.150. The van der Waals surface area contributed by atoms with Gasteiger partial charge in [-0.3, -0.25) is 19.2 Å². The molecule has 2 aromatic rings. The molecule has 0 amide bonds. The van der Waals surface area contributed by atoms with Crippen molar-refractivity contribution < 1.29 is 22.7 Å². The van der Waals surface area contributed by atoms with Crippen molar-refractivity contribution in [2.24, 2.45) is 0 Å². The molecule has 32 heavy (non-hydrogen) atoms. The van der Waals surface area contributed by atoms with Crippen LogP contribution in [0.2, 0.25) is 0 Å². The molecule has 2 N–H and O–H groups in total. The lowest BCUT2D eigenvalue weighted by Gasteiger charge is -2.40. The van der Waals surface area contributed by atoms with E-state index in [1.165, 1.54) is 4.90 Å². The summed E-state index contributed by atoms with van der Waals surface area (Å²) < 4.78 is 52.1. The smallest absolute Gasteiger partial charge is 0.401 e. The van der Waals surface area contributed by atoms with Crippen LogP contribution in [0.5, 0.6) is 5.75 Å². The first-order valence-corrected chi connectivity index (χ1v) is 10.9. The van der Waals surface area contributed by atoms with Crippen molar-refractivity contribution in [1.29, 1.82) is 0 Å². The van der Waals surface area contributed by atoms with Crippen molar-refractivity contribution in [1.82, 2.24) is 14.8 Å². The van der Waals surface area contributed by atoms with Crippen LogP contribution in [0.15, 0.2) is 30.5 Å². The first-order chi connectivity index (χ1) is 15.2. The number of phenols is 1. The predicted octanol–water partition coefficient (Wildman–Crippen LogP) is 4.06. The summed E-state index contributed by atoms with van der Waals surface area (Å²) in [6, 6.07) is 6.49. The molecule has 1 aromatic heterocycles. The Balaban J connectivity index is 1.53. The second-order valence-corrected chi connectivity index (χ2v) is 8.63. The number of nitrogens with one attached hydrogen (secondary N) is 1. The van der Waals surface area contributed by atoms with Crippen LogP contribution in [0.25, 0.3) is 0 Å². The molecule has 174 valence electrons. The minimum absolute atomic E-state index is 0.153. The lowest BCUT2D eigenvalue weighted by Crippen LogP contribution is -2.54. The fraction of sp³-hybridized carbons (Fsp3) is 0.522. The summed E-state index contributed by atoms with van der Waals surface area (Å²) >= 11 is 0. The first-order valence-electron chi connectivity index (χ1n) is 10.9. The molecule has 1 fully saturated rings. The molecule has 0 spiro atoms. The van der Waals surface area contributed by atoms with Crippen LogP contribution in [0.4, 0.5) is 23.2 Å². The van der Waals surface area contributed by atoms with Crippen LogP contribution in [-0.2, 0) is 6.42 Å². The maximum atomic E-state index is 13.3. The number of rotatable bonds is 7. The van der Waals surface area contributed by atoms with Crippen molar-refractivity contribution in [2.75, 3.05) is 44.7 Å². The van der Waals surface area contributed by atoms with E-state index in [0.29, 0.717) is 24.1 Å². The molecular weight excluding hydrogens is 424 g/mol. The number of aromatic nitrogens is 1. The molecule has 1 atom stereocenters. The van der Waals surface area contributed by atoms with Crippen LogP contribution in [0, 0.1) is 6.92 Å². The van der Waals surface area contributed by atoms with Gasteiger partial charge < -0.3 is 10.4 Å². The first kappa shape index (κ1) is 22.8. The van der Waals surface area contributed by atoms with Crippen LogP contribution in [-0.4, -0.2) is 71.5 Å². The SMILES string of the molecule is Cc1c(O)ccc2c1CCN(CC(F)(F)F)C2c1ccc(NC2CN(CCCF)C2)cn1. The topological polar surface area (TPSA) is 51.6 Å². The Labute approximate surface area is 185 Å². The summed E-state index contributed by atoms with van der Waals surface area (Å²) in [6.07, 6.45) is -1.67. The fourth-order valence-electron chi connectivity index (χ4n) is 4.70. The number of benzene rings is 1.